The van der Waals surface area contributed by atoms with Crippen molar-refractivity contribution in [3.8, 4) is 0 Å². The van der Waals surface area contributed by atoms with Crippen molar-refractivity contribution in [2.45, 2.75) is 0 Å². The van der Waals surface area contributed by atoms with Gasteiger partial charge < -0.3 is 34.1 Å². The Kier molecular flexibility index (Phi) is 5.92. The van der Waals surface area contributed by atoms with E-state index in [-0.39, 0.29) is 35.4 Å². The highest BCUT2D eigenvalue weighted by Crippen LogP contribution is 2.31. The largest absolute Gasteiger partial charge is 1.00 e. The van der Waals surface area contributed by atoms with Crippen LogP contribution in [-0.4, -0.2) is 20.0 Å². The number of nitrogens with zero attached hydrogens (tertiary/aromatic N) is 3. The van der Waals surface area contributed by atoms with E-state index in [2.05, 4.69) is 9.97 Å². The number of rotatable bonds is 4. The summed E-state index contributed by atoms with van der Waals surface area (Å²) in [6.07, 6.45) is 3.66. The zero-order chi connectivity index (χ0) is 19.7. The normalized spacial score (nSPS) is 11.6. The second-order valence-corrected chi connectivity index (χ2v) is 6.38. The maximum absolute atomic E-state index is 11.1. The Bertz CT molecular complexity index is 1170. The van der Waals surface area contributed by atoms with Crippen molar-refractivity contribution in [1.82, 2.24) is 9.97 Å². The smallest absolute Gasteiger partial charge is 0.269 e. The average Bonchev–Trinajstić information content (AvgIpc) is 3.12. The van der Waals surface area contributed by atoms with Crippen molar-refractivity contribution >= 4 is 28.1 Å². The molecule has 0 saturated heterocycles. The number of aliphatic hydroxyl groups is 1. The number of nitro benzene ring substituents is 1. The number of aromatic amines is 1. The first kappa shape index (κ1) is 20.5. The van der Waals surface area contributed by atoms with Crippen LogP contribution >= 0.6 is 0 Å². The van der Waals surface area contributed by atoms with Gasteiger partial charge in [-0.15, -0.1) is 0 Å². The number of aromatic nitrogens is 3. The summed E-state index contributed by atoms with van der Waals surface area (Å²) in [4.78, 5) is 18.4. The predicted molar refractivity (Wildman–Crippen MR) is 105 cm³/mol. The van der Waals surface area contributed by atoms with Crippen LogP contribution in [0.5, 0.6) is 0 Å². The highest BCUT2D eigenvalue weighted by Gasteiger charge is 2.18. The highest BCUT2D eigenvalue weighted by atomic mass is 127. The molecule has 8 heteroatoms. The Balaban J connectivity index is 0.00000240. The maximum atomic E-state index is 11.1. The minimum absolute atomic E-state index is 0. The third-order valence-electron chi connectivity index (χ3n) is 4.48. The van der Waals surface area contributed by atoms with Gasteiger partial charge in [0.2, 0.25) is 0 Å². The topological polar surface area (TPSA) is 95.9 Å². The molecule has 0 unspecified atom stereocenters. The first-order chi connectivity index (χ1) is 13.5. The second-order valence-electron chi connectivity index (χ2n) is 6.38. The molecule has 2 N–H and O–H groups in total. The van der Waals surface area contributed by atoms with Crippen molar-refractivity contribution in [3.63, 3.8) is 0 Å². The summed E-state index contributed by atoms with van der Waals surface area (Å²) in [6.45, 7) is 0. The molecule has 2 heterocycles. The quantitative estimate of drug-likeness (QED) is 0.142. The molecule has 4 rings (SSSR count). The standard InChI is InChI=1S/C21H16N4O3.HI/c1-24-12-10-15(11-13-24)20(26)19(14-6-8-16(9-7-14)25(27)28)21-22-17-4-2-3-5-18(17)23-21;/h2-13,26H,1H3;1H. The van der Waals surface area contributed by atoms with E-state index in [0.29, 0.717) is 22.5 Å². The molecule has 146 valence electrons. The maximum Gasteiger partial charge on any atom is 0.269 e. The lowest BCUT2D eigenvalue weighted by Gasteiger charge is -2.09. The fourth-order valence-electron chi connectivity index (χ4n) is 3.01. The summed E-state index contributed by atoms with van der Waals surface area (Å²) in [7, 11) is 1.89. The molecule has 0 aliphatic rings. The summed E-state index contributed by atoms with van der Waals surface area (Å²) < 4.78 is 1.86. The van der Waals surface area contributed by atoms with E-state index < -0.39 is 4.92 Å². The number of aryl methyl sites for hydroxylation is 1. The van der Waals surface area contributed by atoms with Crippen LogP contribution in [0.25, 0.3) is 22.4 Å². The molecule has 0 fully saturated rings. The third-order valence-corrected chi connectivity index (χ3v) is 4.48. The Morgan fingerprint density at radius 3 is 2.31 bits per heavy atom. The third kappa shape index (κ3) is 4.11. The number of hydrogen-bond acceptors (Lipinski definition) is 4. The van der Waals surface area contributed by atoms with E-state index in [1.165, 1.54) is 12.1 Å². The number of imidazole rings is 1. The van der Waals surface area contributed by atoms with E-state index >= 15 is 0 Å². The SMILES string of the molecule is C[n+]1ccc(/C(O)=C(\c2ccc([N+](=O)[O-])cc2)c2nc3ccccc3[nH]2)cc1.[I-]. The molecule has 2 aromatic heterocycles. The number of H-pyrrole nitrogens is 1. The lowest BCUT2D eigenvalue weighted by atomic mass is 10.0. The molecule has 2 aromatic carbocycles. The molecular formula is C21H17IN4O3. The Labute approximate surface area is 183 Å². The van der Waals surface area contributed by atoms with Gasteiger partial charge in [-0.05, 0) is 29.8 Å². The zero-order valence-electron chi connectivity index (χ0n) is 15.4. The first-order valence-electron chi connectivity index (χ1n) is 8.62. The van der Waals surface area contributed by atoms with Gasteiger partial charge >= 0.3 is 0 Å². The summed E-state index contributed by atoms with van der Waals surface area (Å²) in [5.74, 6) is 0.522. The van der Waals surface area contributed by atoms with Gasteiger partial charge in [0.25, 0.3) is 5.69 Å². The van der Waals surface area contributed by atoms with Gasteiger partial charge in [-0.2, -0.15) is 0 Å². The fraction of sp³-hybridized carbons (Fsp3) is 0.0476. The van der Waals surface area contributed by atoms with Gasteiger partial charge in [0.1, 0.15) is 18.6 Å². The van der Waals surface area contributed by atoms with E-state index in [9.17, 15) is 15.2 Å². The fourth-order valence-corrected chi connectivity index (χ4v) is 3.01. The number of pyridine rings is 1. The number of nitro groups is 1. The Morgan fingerprint density at radius 2 is 1.69 bits per heavy atom. The number of benzene rings is 2. The molecule has 0 amide bonds. The molecule has 7 nitrogen and oxygen atoms in total. The molecule has 0 saturated carbocycles. The van der Waals surface area contributed by atoms with Gasteiger partial charge in [-0.25, -0.2) is 9.55 Å². The van der Waals surface area contributed by atoms with Crippen LogP contribution in [0.3, 0.4) is 0 Å². The number of fused-ring (bicyclic) bond motifs is 1. The van der Waals surface area contributed by atoms with E-state index in [0.717, 1.165) is 11.0 Å². The molecule has 0 aliphatic carbocycles. The summed E-state index contributed by atoms with van der Waals surface area (Å²) in [6, 6.07) is 17.2. The van der Waals surface area contributed by atoms with E-state index in [1.807, 2.05) is 48.3 Å². The predicted octanol–water partition coefficient (Wildman–Crippen LogP) is 0.774. The van der Waals surface area contributed by atoms with Crippen LogP contribution in [0.1, 0.15) is 17.0 Å². The Morgan fingerprint density at radius 1 is 1.03 bits per heavy atom. The van der Waals surface area contributed by atoms with E-state index in [1.54, 1.807) is 24.3 Å². The summed E-state index contributed by atoms with van der Waals surface area (Å²) >= 11 is 0. The number of non-ortho nitro benzene ring substituents is 1. The Hall–Kier alpha value is -3.27. The molecule has 0 aliphatic heterocycles. The second kappa shape index (κ2) is 8.39. The van der Waals surface area contributed by atoms with Crippen LogP contribution in [0.15, 0.2) is 73.1 Å². The molecule has 0 radical (unpaired) electrons. The van der Waals surface area contributed by atoms with Gasteiger partial charge in [-0.3, -0.25) is 10.1 Å². The van der Waals surface area contributed by atoms with Crippen LogP contribution < -0.4 is 28.5 Å². The number of para-hydroxylation sites is 2. The molecular weight excluding hydrogens is 483 g/mol. The summed E-state index contributed by atoms with van der Waals surface area (Å²) in [5, 5.41) is 22.0. The first-order valence-corrected chi connectivity index (χ1v) is 8.62. The van der Waals surface area contributed by atoms with Crippen molar-refractivity contribution in [3.05, 3.63) is 100 Å². The molecule has 0 spiro atoms. The number of nitrogens with one attached hydrogen (secondary N) is 1. The van der Waals surface area contributed by atoms with Gasteiger partial charge in [0.05, 0.1) is 21.5 Å². The lowest BCUT2D eigenvalue weighted by molar-refractivity contribution is -0.671. The summed E-state index contributed by atoms with van der Waals surface area (Å²) in [5.41, 5.74) is 3.30. The van der Waals surface area contributed by atoms with Crippen molar-refractivity contribution < 1.29 is 38.6 Å². The zero-order valence-corrected chi connectivity index (χ0v) is 17.6. The highest BCUT2D eigenvalue weighted by molar-refractivity contribution is 5.95. The van der Waals surface area contributed by atoms with Gasteiger partial charge in [0, 0.05) is 29.8 Å². The number of aliphatic hydroxyl groups excluding tert-OH is 1. The van der Waals surface area contributed by atoms with Crippen LogP contribution in [0.2, 0.25) is 0 Å². The van der Waals surface area contributed by atoms with Crippen LogP contribution in [0.4, 0.5) is 5.69 Å². The minimum atomic E-state index is -0.453. The van der Waals surface area contributed by atoms with Gasteiger partial charge in [0.15, 0.2) is 12.4 Å². The monoisotopic (exact) mass is 500 g/mol. The van der Waals surface area contributed by atoms with Crippen molar-refractivity contribution in [2.75, 3.05) is 0 Å². The number of halogens is 1. The average molecular weight is 500 g/mol. The van der Waals surface area contributed by atoms with Crippen molar-refractivity contribution in [2.24, 2.45) is 7.05 Å². The van der Waals surface area contributed by atoms with Crippen LogP contribution in [0, 0.1) is 10.1 Å². The van der Waals surface area contributed by atoms with E-state index in [4.69, 9.17) is 0 Å². The molecule has 0 atom stereocenters. The molecule has 29 heavy (non-hydrogen) atoms. The minimum Gasteiger partial charge on any atom is -1.00 e. The lowest BCUT2D eigenvalue weighted by Crippen LogP contribution is -3.00. The molecule has 4 aromatic rings. The van der Waals surface area contributed by atoms with Crippen LogP contribution in [-0.2, 0) is 7.05 Å². The van der Waals surface area contributed by atoms with Crippen molar-refractivity contribution in [1.29, 1.82) is 0 Å². The number of hydrogen-bond donors (Lipinski definition) is 2. The van der Waals surface area contributed by atoms with Gasteiger partial charge in [-0.1, -0.05) is 12.1 Å². The molecule has 0 bridgehead atoms.